The van der Waals surface area contributed by atoms with Gasteiger partial charge in [0.25, 0.3) is 0 Å². The van der Waals surface area contributed by atoms with Crippen molar-refractivity contribution in [3.63, 3.8) is 0 Å². The third kappa shape index (κ3) is 2.06. The minimum absolute atomic E-state index is 0.117. The maximum absolute atomic E-state index is 12.6. The molecule has 122 valence electrons. The molecule has 3 aliphatic rings. The second-order valence-electron chi connectivity index (χ2n) is 6.34. The molecule has 1 saturated heterocycles. The first kappa shape index (κ1) is 15.4. The number of nitrogens with zero attached hydrogens (tertiary/aromatic N) is 2. The molecule has 0 aromatic rings. The van der Waals surface area contributed by atoms with Gasteiger partial charge in [-0.2, -0.15) is 0 Å². The monoisotopic (exact) mass is 310 g/mol. The molecular weight excluding hydrogens is 288 g/mol. The van der Waals surface area contributed by atoms with Crippen LogP contribution in [0, 0.1) is 23.7 Å². The van der Waals surface area contributed by atoms with Crippen molar-refractivity contribution in [3.8, 4) is 0 Å². The molecule has 0 bridgehead atoms. The van der Waals surface area contributed by atoms with Gasteiger partial charge in [0.1, 0.15) is 7.11 Å². The van der Waals surface area contributed by atoms with Gasteiger partial charge >= 0.3 is 0 Å². The third-order valence-corrected chi connectivity index (χ3v) is 5.40. The highest BCUT2D eigenvalue weighted by atomic mass is 16.6. The van der Waals surface area contributed by atoms with Gasteiger partial charge in [-0.15, -0.1) is 0 Å². The normalized spacial score (nSPS) is 43.3. The Bertz CT molecular complexity index is 520. The third-order valence-electron chi connectivity index (χ3n) is 5.40. The van der Waals surface area contributed by atoms with E-state index in [4.69, 9.17) is 4.84 Å². The maximum Gasteiger partial charge on any atom is 0.233 e. The molecule has 0 spiro atoms. The number of imide groups is 1. The molecule has 2 N–H and O–H groups in total. The molecule has 2 amide bonds. The Labute approximate surface area is 128 Å². The molecule has 7 heteroatoms. The Balaban J connectivity index is 1.98. The van der Waals surface area contributed by atoms with Crippen molar-refractivity contribution in [2.24, 2.45) is 28.8 Å². The second-order valence-corrected chi connectivity index (χ2v) is 6.34. The fraction of sp³-hybridized carbons (Fsp3) is 0.800. The lowest BCUT2D eigenvalue weighted by Crippen LogP contribution is -2.54. The van der Waals surface area contributed by atoms with Crippen molar-refractivity contribution < 1.29 is 24.6 Å². The molecular formula is C15H22N2O5. The SMILES string of the molecule is CCN1C(=O)[C@H]2[C@H]3[C@H](O)[C@H](O)C/C(=N\OC)[C@@H]3CC[C@H]2C1=O. The van der Waals surface area contributed by atoms with Crippen LogP contribution in [0.4, 0.5) is 0 Å². The number of aliphatic hydroxyl groups is 2. The van der Waals surface area contributed by atoms with Crippen molar-refractivity contribution >= 4 is 17.5 Å². The lowest BCUT2D eigenvalue weighted by Gasteiger charge is -2.45. The smallest absolute Gasteiger partial charge is 0.233 e. The first-order valence-electron chi connectivity index (χ1n) is 7.82. The van der Waals surface area contributed by atoms with Crippen LogP contribution in [0.25, 0.3) is 0 Å². The van der Waals surface area contributed by atoms with Crippen molar-refractivity contribution in [1.82, 2.24) is 4.90 Å². The standard InChI is InChI=1S/C15H22N2O5/c1-3-17-14(20)8-5-4-7-9(16-22-2)6-10(18)13(19)11(7)12(8)15(17)21/h7-8,10-13,18-19H,3-6H2,1-2H3/b16-9+/t7-,8+,10+,11-,12+,13+/m0/s1. The lowest BCUT2D eigenvalue weighted by molar-refractivity contribution is -0.141. The fourth-order valence-corrected chi connectivity index (χ4v) is 4.47. The summed E-state index contributed by atoms with van der Waals surface area (Å²) in [5.74, 6) is -1.89. The molecule has 1 heterocycles. The van der Waals surface area contributed by atoms with Gasteiger partial charge in [0.05, 0.1) is 29.8 Å². The largest absolute Gasteiger partial charge is 0.399 e. The molecule has 2 aliphatic carbocycles. The Morgan fingerprint density at radius 2 is 1.91 bits per heavy atom. The van der Waals surface area contributed by atoms with Crippen LogP contribution < -0.4 is 0 Å². The van der Waals surface area contributed by atoms with E-state index in [1.165, 1.54) is 12.0 Å². The quantitative estimate of drug-likeness (QED) is 0.542. The number of rotatable bonds is 2. The minimum Gasteiger partial charge on any atom is -0.399 e. The first-order valence-corrected chi connectivity index (χ1v) is 7.82. The molecule has 7 nitrogen and oxygen atoms in total. The predicted molar refractivity (Wildman–Crippen MR) is 76.7 cm³/mol. The Morgan fingerprint density at radius 1 is 1.23 bits per heavy atom. The van der Waals surface area contributed by atoms with Crippen LogP contribution in [0.1, 0.15) is 26.2 Å². The van der Waals surface area contributed by atoms with Gasteiger partial charge in [-0.05, 0) is 19.8 Å². The van der Waals surface area contributed by atoms with Crippen molar-refractivity contribution in [2.75, 3.05) is 13.7 Å². The molecule has 3 fully saturated rings. The number of hydrogen-bond acceptors (Lipinski definition) is 6. The summed E-state index contributed by atoms with van der Waals surface area (Å²) in [6.45, 7) is 2.12. The maximum atomic E-state index is 12.6. The van der Waals surface area contributed by atoms with Crippen molar-refractivity contribution in [1.29, 1.82) is 0 Å². The molecule has 3 rings (SSSR count). The molecule has 2 saturated carbocycles. The van der Waals surface area contributed by atoms with Crippen molar-refractivity contribution in [3.05, 3.63) is 0 Å². The number of oxime groups is 1. The van der Waals surface area contributed by atoms with Crippen LogP contribution in [0.2, 0.25) is 0 Å². The zero-order valence-corrected chi connectivity index (χ0v) is 12.8. The summed E-state index contributed by atoms with van der Waals surface area (Å²) in [6, 6.07) is 0. The number of likely N-dealkylation sites (tertiary alicyclic amines) is 1. The van der Waals surface area contributed by atoms with E-state index >= 15 is 0 Å². The number of amides is 2. The molecule has 0 unspecified atom stereocenters. The van der Waals surface area contributed by atoms with E-state index in [0.29, 0.717) is 25.1 Å². The van der Waals surface area contributed by atoms with E-state index in [-0.39, 0.29) is 30.1 Å². The Morgan fingerprint density at radius 3 is 2.55 bits per heavy atom. The van der Waals surface area contributed by atoms with Crippen LogP contribution in [-0.2, 0) is 14.4 Å². The average molecular weight is 310 g/mol. The highest BCUT2D eigenvalue weighted by Crippen LogP contribution is 2.49. The second kappa shape index (κ2) is 5.62. The summed E-state index contributed by atoms with van der Waals surface area (Å²) >= 11 is 0. The van der Waals surface area contributed by atoms with Gasteiger partial charge in [-0.1, -0.05) is 5.16 Å². The molecule has 0 aromatic heterocycles. The van der Waals surface area contributed by atoms with E-state index in [0.717, 1.165) is 0 Å². The Hall–Kier alpha value is -1.47. The highest BCUT2D eigenvalue weighted by molar-refractivity contribution is 6.06. The van der Waals surface area contributed by atoms with Gasteiger partial charge in [0, 0.05) is 24.8 Å². The van der Waals surface area contributed by atoms with Crippen LogP contribution in [0.3, 0.4) is 0 Å². The van der Waals surface area contributed by atoms with Crippen LogP contribution in [-0.4, -0.2) is 58.5 Å². The number of carbonyl (C=O) groups is 2. The number of aliphatic hydroxyl groups excluding tert-OH is 2. The molecule has 1 aliphatic heterocycles. The van der Waals surface area contributed by atoms with E-state index in [1.807, 2.05) is 0 Å². The predicted octanol–water partition coefficient (Wildman–Crippen LogP) is -0.238. The zero-order valence-electron chi connectivity index (χ0n) is 12.8. The van der Waals surface area contributed by atoms with E-state index < -0.39 is 24.0 Å². The van der Waals surface area contributed by atoms with E-state index in [2.05, 4.69) is 5.16 Å². The zero-order chi connectivity index (χ0) is 16.0. The minimum atomic E-state index is -1.01. The summed E-state index contributed by atoms with van der Waals surface area (Å²) in [5, 5.41) is 24.5. The van der Waals surface area contributed by atoms with E-state index in [9.17, 15) is 19.8 Å². The number of carbonyl (C=O) groups excluding carboxylic acids is 2. The van der Waals surface area contributed by atoms with Gasteiger partial charge in [0.2, 0.25) is 11.8 Å². The lowest BCUT2D eigenvalue weighted by atomic mass is 9.60. The number of hydrogen-bond donors (Lipinski definition) is 2. The summed E-state index contributed by atoms with van der Waals surface area (Å²) < 4.78 is 0. The van der Waals surface area contributed by atoms with Gasteiger partial charge in [-0.3, -0.25) is 14.5 Å². The molecule has 0 aromatic carbocycles. The molecule has 0 radical (unpaired) electrons. The van der Waals surface area contributed by atoms with E-state index in [1.54, 1.807) is 6.92 Å². The molecule has 22 heavy (non-hydrogen) atoms. The van der Waals surface area contributed by atoms with Crippen LogP contribution in [0.5, 0.6) is 0 Å². The van der Waals surface area contributed by atoms with Crippen LogP contribution >= 0.6 is 0 Å². The summed E-state index contributed by atoms with van der Waals surface area (Å²) in [5.41, 5.74) is 0.680. The first-order chi connectivity index (χ1) is 10.5. The topological polar surface area (TPSA) is 99.4 Å². The average Bonchev–Trinajstić information content (AvgIpc) is 2.75. The highest BCUT2D eigenvalue weighted by Gasteiger charge is 2.59. The van der Waals surface area contributed by atoms with Gasteiger partial charge in [-0.25, -0.2) is 0 Å². The molecule has 6 atom stereocenters. The van der Waals surface area contributed by atoms with Crippen molar-refractivity contribution in [2.45, 2.75) is 38.4 Å². The summed E-state index contributed by atoms with van der Waals surface area (Å²) in [6.07, 6.45) is -0.463. The van der Waals surface area contributed by atoms with Gasteiger partial charge < -0.3 is 15.1 Å². The fourth-order valence-electron chi connectivity index (χ4n) is 4.47. The summed E-state index contributed by atoms with van der Waals surface area (Å²) in [4.78, 5) is 31.1. The Kier molecular flexibility index (Phi) is 3.94. The van der Waals surface area contributed by atoms with Gasteiger partial charge in [0.15, 0.2) is 0 Å². The summed E-state index contributed by atoms with van der Waals surface area (Å²) in [7, 11) is 1.44. The van der Waals surface area contributed by atoms with Crippen LogP contribution in [0.15, 0.2) is 5.16 Å². The number of fused-ring (bicyclic) bond motifs is 3.